The van der Waals surface area contributed by atoms with E-state index in [1.54, 1.807) is 0 Å². The van der Waals surface area contributed by atoms with Gasteiger partial charge in [-0.3, -0.25) is 4.79 Å². The third-order valence-electron chi connectivity index (χ3n) is 3.53. The molecule has 0 saturated carbocycles. The lowest BCUT2D eigenvalue weighted by Gasteiger charge is -2.29. The Bertz CT molecular complexity index is 762. The standard InChI is InChI=1S/C12H16N2O6S2/c1-21(17,18)11-3-2-10(8-13-11)22(19,20)14-6-4-9(5-7-14)12(15)16/h2-3,8-9H,4-7H2,1H3,(H,15,16). The van der Waals surface area contributed by atoms with E-state index in [-0.39, 0.29) is 35.9 Å². The van der Waals surface area contributed by atoms with Crippen LogP contribution in [0.1, 0.15) is 12.8 Å². The first-order chi connectivity index (χ1) is 10.1. The van der Waals surface area contributed by atoms with Gasteiger partial charge in [0.1, 0.15) is 4.90 Å². The highest BCUT2D eigenvalue weighted by Gasteiger charge is 2.32. The Morgan fingerprint density at radius 1 is 1.23 bits per heavy atom. The van der Waals surface area contributed by atoms with Crippen LogP contribution in [0.25, 0.3) is 0 Å². The molecule has 10 heteroatoms. The fraction of sp³-hybridized carbons (Fsp3) is 0.500. The number of aliphatic carboxylic acids is 1. The minimum atomic E-state index is -3.79. The summed E-state index contributed by atoms with van der Waals surface area (Å²) in [7, 11) is -7.28. The maximum Gasteiger partial charge on any atom is 0.306 e. The van der Waals surface area contributed by atoms with Crippen LogP contribution in [-0.4, -0.2) is 56.5 Å². The zero-order valence-corrected chi connectivity index (χ0v) is 13.5. The van der Waals surface area contributed by atoms with E-state index in [2.05, 4.69) is 4.98 Å². The van der Waals surface area contributed by atoms with Crippen LogP contribution in [0.4, 0.5) is 0 Å². The Hall–Kier alpha value is -1.52. The molecule has 8 nitrogen and oxygen atoms in total. The van der Waals surface area contributed by atoms with Crippen LogP contribution in [0, 0.1) is 5.92 Å². The van der Waals surface area contributed by atoms with Crippen LogP contribution < -0.4 is 0 Å². The Morgan fingerprint density at radius 3 is 2.23 bits per heavy atom. The molecule has 0 spiro atoms. The molecule has 22 heavy (non-hydrogen) atoms. The van der Waals surface area contributed by atoms with E-state index in [0.717, 1.165) is 18.5 Å². The molecule has 2 rings (SSSR count). The van der Waals surface area contributed by atoms with Gasteiger partial charge in [0, 0.05) is 25.5 Å². The van der Waals surface area contributed by atoms with Crippen LogP contribution in [-0.2, 0) is 24.7 Å². The van der Waals surface area contributed by atoms with Crippen molar-refractivity contribution in [1.29, 1.82) is 0 Å². The predicted octanol–water partition coefficient (Wildman–Crippen LogP) is -0.0296. The van der Waals surface area contributed by atoms with E-state index in [9.17, 15) is 21.6 Å². The average molecular weight is 348 g/mol. The molecule has 1 fully saturated rings. The van der Waals surface area contributed by atoms with Gasteiger partial charge < -0.3 is 5.11 Å². The van der Waals surface area contributed by atoms with Gasteiger partial charge in [-0.15, -0.1) is 0 Å². The number of carbonyl (C=O) groups is 1. The van der Waals surface area contributed by atoms with Gasteiger partial charge in [0.2, 0.25) is 10.0 Å². The van der Waals surface area contributed by atoms with Gasteiger partial charge in [0.25, 0.3) is 0 Å². The first-order valence-electron chi connectivity index (χ1n) is 6.51. The normalized spacial score (nSPS) is 18.2. The molecule has 0 aromatic carbocycles. The largest absolute Gasteiger partial charge is 0.481 e. The monoisotopic (exact) mass is 348 g/mol. The number of hydrogen-bond acceptors (Lipinski definition) is 6. The molecule has 1 saturated heterocycles. The molecule has 1 aliphatic rings. The molecule has 0 bridgehead atoms. The van der Waals surface area contributed by atoms with Crippen molar-refractivity contribution < 1.29 is 26.7 Å². The SMILES string of the molecule is CS(=O)(=O)c1ccc(S(=O)(=O)N2CCC(C(=O)O)CC2)cn1. The molecule has 0 amide bonds. The minimum Gasteiger partial charge on any atom is -0.481 e. The molecule has 1 aromatic rings. The van der Waals surface area contributed by atoms with E-state index in [1.165, 1.54) is 10.4 Å². The molecule has 0 radical (unpaired) electrons. The number of nitrogens with zero attached hydrogens (tertiary/aromatic N) is 2. The van der Waals surface area contributed by atoms with Gasteiger partial charge in [0.15, 0.2) is 14.9 Å². The number of pyridine rings is 1. The number of hydrogen-bond donors (Lipinski definition) is 1. The Kier molecular flexibility index (Phi) is 4.54. The van der Waals surface area contributed by atoms with Crippen molar-refractivity contribution in [3.8, 4) is 0 Å². The highest BCUT2D eigenvalue weighted by atomic mass is 32.2. The first kappa shape index (κ1) is 16.8. The number of piperidine rings is 1. The lowest BCUT2D eigenvalue weighted by atomic mass is 9.99. The second-order valence-electron chi connectivity index (χ2n) is 5.12. The fourth-order valence-electron chi connectivity index (χ4n) is 2.23. The summed E-state index contributed by atoms with van der Waals surface area (Å²) in [4.78, 5) is 14.4. The molecule has 122 valence electrons. The van der Waals surface area contributed by atoms with E-state index >= 15 is 0 Å². The van der Waals surface area contributed by atoms with Gasteiger partial charge in [0.05, 0.1) is 5.92 Å². The summed E-state index contributed by atoms with van der Waals surface area (Å²) in [6, 6.07) is 2.34. The topological polar surface area (TPSA) is 122 Å². The third-order valence-corrected chi connectivity index (χ3v) is 6.41. The fourth-order valence-corrected chi connectivity index (χ4v) is 4.21. The van der Waals surface area contributed by atoms with E-state index in [4.69, 9.17) is 5.11 Å². The number of sulfone groups is 1. The molecule has 1 aromatic heterocycles. The van der Waals surface area contributed by atoms with Gasteiger partial charge in [-0.2, -0.15) is 4.31 Å². The summed E-state index contributed by atoms with van der Waals surface area (Å²) in [5.74, 6) is -1.45. The maximum atomic E-state index is 12.4. The van der Waals surface area contributed by atoms with Crippen molar-refractivity contribution in [3.63, 3.8) is 0 Å². The van der Waals surface area contributed by atoms with Gasteiger partial charge in [-0.25, -0.2) is 21.8 Å². The quantitative estimate of drug-likeness (QED) is 0.811. The molecule has 0 atom stereocenters. The molecule has 1 N–H and O–H groups in total. The van der Waals surface area contributed by atoms with Gasteiger partial charge >= 0.3 is 5.97 Å². The highest BCUT2D eigenvalue weighted by Crippen LogP contribution is 2.24. The van der Waals surface area contributed by atoms with E-state index in [0.29, 0.717) is 0 Å². The molecule has 2 heterocycles. The smallest absolute Gasteiger partial charge is 0.306 e. The maximum absolute atomic E-state index is 12.4. The Labute approximate surface area is 128 Å². The first-order valence-corrected chi connectivity index (χ1v) is 9.84. The second-order valence-corrected chi connectivity index (χ2v) is 9.02. The van der Waals surface area contributed by atoms with Crippen molar-refractivity contribution in [2.75, 3.05) is 19.3 Å². The van der Waals surface area contributed by atoms with Crippen LogP contribution in [0.15, 0.2) is 28.3 Å². The van der Waals surface area contributed by atoms with Gasteiger partial charge in [-0.1, -0.05) is 0 Å². The third kappa shape index (κ3) is 3.45. The molecular formula is C12H16N2O6S2. The highest BCUT2D eigenvalue weighted by molar-refractivity contribution is 7.90. The van der Waals surface area contributed by atoms with Crippen molar-refractivity contribution in [2.24, 2.45) is 5.92 Å². The molecule has 0 aliphatic carbocycles. The lowest BCUT2D eigenvalue weighted by Crippen LogP contribution is -2.40. The average Bonchev–Trinajstić information content (AvgIpc) is 2.46. The predicted molar refractivity (Wildman–Crippen MR) is 76.5 cm³/mol. The second kappa shape index (κ2) is 5.94. The van der Waals surface area contributed by atoms with Crippen LogP contribution in [0.3, 0.4) is 0 Å². The number of rotatable bonds is 4. The van der Waals surface area contributed by atoms with E-state index in [1.807, 2.05) is 0 Å². The Morgan fingerprint density at radius 2 is 1.82 bits per heavy atom. The number of aromatic nitrogens is 1. The Balaban J connectivity index is 2.19. The molecule has 1 aliphatic heterocycles. The summed E-state index contributed by atoms with van der Waals surface area (Å²) >= 11 is 0. The van der Waals surface area contributed by atoms with Crippen LogP contribution in [0.5, 0.6) is 0 Å². The number of carboxylic acids is 1. The number of sulfonamides is 1. The minimum absolute atomic E-state index is 0.103. The molecular weight excluding hydrogens is 332 g/mol. The van der Waals surface area contributed by atoms with Crippen molar-refractivity contribution in [1.82, 2.24) is 9.29 Å². The number of carboxylic acid groups (broad SMARTS) is 1. The van der Waals surface area contributed by atoms with E-state index < -0.39 is 31.7 Å². The van der Waals surface area contributed by atoms with Gasteiger partial charge in [-0.05, 0) is 25.0 Å². The summed E-state index contributed by atoms with van der Waals surface area (Å²) in [5, 5.41) is 8.72. The van der Waals surface area contributed by atoms with Crippen LogP contribution >= 0.6 is 0 Å². The molecule has 0 unspecified atom stereocenters. The lowest BCUT2D eigenvalue weighted by molar-refractivity contribution is -0.142. The summed E-state index contributed by atoms with van der Waals surface area (Å²) in [5.41, 5.74) is 0. The zero-order chi connectivity index (χ0) is 16.5. The van der Waals surface area contributed by atoms with Crippen molar-refractivity contribution >= 4 is 25.8 Å². The summed E-state index contributed by atoms with van der Waals surface area (Å²) in [6.07, 6.45) is 2.50. The summed E-state index contributed by atoms with van der Waals surface area (Å²) in [6.45, 7) is 0.236. The van der Waals surface area contributed by atoms with Crippen molar-refractivity contribution in [3.05, 3.63) is 18.3 Å². The van der Waals surface area contributed by atoms with Crippen LogP contribution in [0.2, 0.25) is 0 Å². The zero-order valence-electron chi connectivity index (χ0n) is 11.8. The van der Waals surface area contributed by atoms with Crippen molar-refractivity contribution in [2.45, 2.75) is 22.8 Å². The summed E-state index contributed by atoms with van der Waals surface area (Å²) < 4.78 is 48.7.